The first-order valence-corrected chi connectivity index (χ1v) is 9.56. The first kappa shape index (κ1) is 18.2. The van der Waals surface area contributed by atoms with E-state index in [1.165, 1.54) is 0 Å². The number of benzene rings is 2. The van der Waals surface area contributed by atoms with Crippen molar-refractivity contribution < 1.29 is 14.3 Å². The summed E-state index contributed by atoms with van der Waals surface area (Å²) in [6.07, 6.45) is 1.75. The normalized spacial score (nSPS) is 18.8. The van der Waals surface area contributed by atoms with Crippen molar-refractivity contribution in [2.75, 3.05) is 26.2 Å². The fourth-order valence-corrected chi connectivity index (χ4v) is 3.54. The third-order valence-corrected chi connectivity index (χ3v) is 5.07. The van der Waals surface area contributed by atoms with Gasteiger partial charge in [0.1, 0.15) is 0 Å². The molecule has 1 fully saturated rings. The molecule has 2 aliphatic heterocycles. The van der Waals surface area contributed by atoms with E-state index in [1.54, 1.807) is 6.20 Å². The average Bonchev–Trinajstić information content (AvgIpc) is 3.07. The van der Waals surface area contributed by atoms with Crippen LogP contribution in [0.4, 0.5) is 0 Å². The molecule has 1 amide bonds. The zero-order chi connectivity index (χ0) is 19.7. The van der Waals surface area contributed by atoms with Crippen LogP contribution in [0.3, 0.4) is 0 Å². The summed E-state index contributed by atoms with van der Waals surface area (Å²) < 4.78 is 5.45. The van der Waals surface area contributed by atoms with Gasteiger partial charge in [-0.1, -0.05) is 50.2 Å². The molecule has 0 aliphatic carbocycles. The minimum absolute atomic E-state index is 0.00238. The SMILES string of the molecule is CC(C)C(=O)N1CCN(/C=C2\N=C(c3cccc4ccccc34)OC2=O)CC1. The van der Waals surface area contributed by atoms with Crippen molar-refractivity contribution in [3.8, 4) is 0 Å². The van der Waals surface area contributed by atoms with E-state index in [-0.39, 0.29) is 11.8 Å². The maximum atomic E-state index is 12.3. The zero-order valence-electron chi connectivity index (χ0n) is 16.1. The Kier molecular flexibility index (Phi) is 4.86. The Hall–Kier alpha value is -3.15. The standard InChI is InChI=1S/C22H23N3O3/c1-15(2)21(26)25-12-10-24(11-13-25)14-19-22(27)28-20(23-19)18-9-5-7-16-6-3-4-8-17(16)18/h3-9,14-15H,10-13H2,1-2H3/b19-14-. The van der Waals surface area contributed by atoms with Gasteiger partial charge in [-0.2, -0.15) is 0 Å². The number of esters is 1. The fraction of sp³-hybridized carbons (Fsp3) is 0.318. The van der Waals surface area contributed by atoms with E-state index in [4.69, 9.17) is 4.74 Å². The second-order valence-electron chi connectivity index (χ2n) is 7.36. The van der Waals surface area contributed by atoms with Crippen molar-refractivity contribution in [3.63, 3.8) is 0 Å². The summed E-state index contributed by atoms with van der Waals surface area (Å²) in [6.45, 7) is 6.47. The van der Waals surface area contributed by atoms with Gasteiger partial charge in [0, 0.05) is 43.9 Å². The number of cyclic esters (lactones) is 1. The van der Waals surface area contributed by atoms with Crippen molar-refractivity contribution in [1.82, 2.24) is 9.80 Å². The Morgan fingerprint density at radius 2 is 1.79 bits per heavy atom. The Labute approximate surface area is 164 Å². The van der Waals surface area contributed by atoms with Crippen molar-refractivity contribution in [3.05, 3.63) is 59.9 Å². The maximum absolute atomic E-state index is 12.3. The van der Waals surface area contributed by atoms with E-state index in [2.05, 4.69) is 4.99 Å². The predicted octanol–water partition coefficient (Wildman–Crippen LogP) is 2.78. The molecule has 0 unspecified atom stereocenters. The molecule has 0 N–H and O–H groups in total. The zero-order valence-corrected chi connectivity index (χ0v) is 16.1. The molecule has 4 rings (SSSR count). The van der Waals surface area contributed by atoms with Crippen LogP contribution in [0.2, 0.25) is 0 Å². The van der Waals surface area contributed by atoms with Crippen LogP contribution in [0.15, 0.2) is 59.4 Å². The van der Waals surface area contributed by atoms with Gasteiger partial charge in [0.2, 0.25) is 11.8 Å². The topological polar surface area (TPSA) is 62.2 Å². The summed E-state index contributed by atoms with van der Waals surface area (Å²) in [5, 5.41) is 2.07. The van der Waals surface area contributed by atoms with Gasteiger partial charge in [0.05, 0.1) is 0 Å². The predicted molar refractivity (Wildman–Crippen MR) is 108 cm³/mol. The second kappa shape index (κ2) is 7.46. The average molecular weight is 377 g/mol. The van der Waals surface area contributed by atoms with Crippen molar-refractivity contribution >= 4 is 28.5 Å². The van der Waals surface area contributed by atoms with Gasteiger partial charge in [0.25, 0.3) is 0 Å². The fourth-order valence-electron chi connectivity index (χ4n) is 3.54. The van der Waals surface area contributed by atoms with Gasteiger partial charge in [0.15, 0.2) is 5.70 Å². The number of hydrogen-bond donors (Lipinski definition) is 0. The molecule has 0 aromatic heterocycles. The number of carbonyl (C=O) groups excluding carboxylic acids is 2. The molecule has 2 heterocycles. The van der Waals surface area contributed by atoms with Crippen LogP contribution >= 0.6 is 0 Å². The van der Waals surface area contributed by atoms with Gasteiger partial charge in [-0.3, -0.25) is 4.79 Å². The molecule has 2 aliphatic rings. The number of hydrogen-bond acceptors (Lipinski definition) is 5. The number of nitrogens with zero attached hydrogens (tertiary/aromatic N) is 3. The number of piperazine rings is 1. The van der Waals surface area contributed by atoms with Gasteiger partial charge in [-0.05, 0) is 16.8 Å². The van der Waals surface area contributed by atoms with Crippen LogP contribution in [-0.2, 0) is 14.3 Å². The highest BCUT2D eigenvalue weighted by Crippen LogP contribution is 2.24. The minimum Gasteiger partial charge on any atom is -0.402 e. The molecule has 2 aromatic rings. The smallest absolute Gasteiger partial charge is 0.365 e. The summed E-state index contributed by atoms with van der Waals surface area (Å²) in [7, 11) is 0. The van der Waals surface area contributed by atoms with E-state index in [1.807, 2.05) is 66.1 Å². The third-order valence-electron chi connectivity index (χ3n) is 5.07. The van der Waals surface area contributed by atoms with Crippen LogP contribution in [0.25, 0.3) is 10.8 Å². The summed E-state index contributed by atoms with van der Waals surface area (Å²) in [6, 6.07) is 13.8. The van der Waals surface area contributed by atoms with Crippen molar-refractivity contribution in [1.29, 1.82) is 0 Å². The molecule has 0 bridgehead atoms. The van der Waals surface area contributed by atoms with Crippen LogP contribution in [0.5, 0.6) is 0 Å². The van der Waals surface area contributed by atoms with Crippen LogP contribution < -0.4 is 0 Å². The Morgan fingerprint density at radius 1 is 1.07 bits per heavy atom. The van der Waals surface area contributed by atoms with E-state index in [0.29, 0.717) is 37.8 Å². The number of aliphatic imine (C=N–C) groups is 1. The molecule has 0 spiro atoms. The molecule has 1 saturated heterocycles. The Bertz CT molecular complexity index is 980. The van der Waals surface area contributed by atoms with E-state index in [0.717, 1.165) is 16.3 Å². The lowest BCUT2D eigenvalue weighted by Gasteiger charge is -2.35. The van der Waals surface area contributed by atoms with Gasteiger partial charge < -0.3 is 14.5 Å². The van der Waals surface area contributed by atoms with Crippen LogP contribution in [0.1, 0.15) is 19.4 Å². The highest BCUT2D eigenvalue weighted by atomic mass is 16.6. The van der Waals surface area contributed by atoms with Crippen molar-refractivity contribution in [2.24, 2.45) is 10.9 Å². The number of carbonyl (C=O) groups is 2. The minimum atomic E-state index is -0.441. The van der Waals surface area contributed by atoms with Gasteiger partial charge >= 0.3 is 5.97 Å². The molecule has 0 saturated carbocycles. The Morgan fingerprint density at radius 3 is 2.54 bits per heavy atom. The number of rotatable bonds is 3. The van der Waals surface area contributed by atoms with Gasteiger partial charge in [-0.25, -0.2) is 9.79 Å². The first-order valence-electron chi connectivity index (χ1n) is 9.56. The summed E-state index contributed by atoms with van der Waals surface area (Å²) >= 11 is 0. The molecule has 6 nitrogen and oxygen atoms in total. The molecular formula is C22H23N3O3. The molecule has 0 radical (unpaired) electrons. The lowest BCUT2D eigenvalue weighted by molar-refractivity contribution is -0.136. The molecular weight excluding hydrogens is 354 g/mol. The third kappa shape index (κ3) is 3.50. The monoisotopic (exact) mass is 377 g/mol. The molecule has 6 heteroatoms. The van der Waals surface area contributed by atoms with E-state index < -0.39 is 5.97 Å². The summed E-state index contributed by atoms with van der Waals surface area (Å²) in [5.41, 5.74) is 1.11. The molecule has 0 atom stereocenters. The second-order valence-corrected chi connectivity index (χ2v) is 7.36. The first-order chi connectivity index (χ1) is 13.5. The van der Waals surface area contributed by atoms with Crippen LogP contribution in [-0.4, -0.2) is 53.8 Å². The van der Waals surface area contributed by atoms with Crippen molar-refractivity contribution in [2.45, 2.75) is 13.8 Å². The lowest BCUT2D eigenvalue weighted by atomic mass is 10.0. The largest absolute Gasteiger partial charge is 0.402 e. The highest BCUT2D eigenvalue weighted by molar-refractivity contribution is 6.16. The van der Waals surface area contributed by atoms with Gasteiger partial charge in [-0.15, -0.1) is 0 Å². The van der Waals surface area contributed by atoms with Crippen LogP contribution in [0, 0.1) is 5.92 Å². The number of amides is 1. The maximum Gasteiger partial charge on any atom is 0.365 e. The van der Waals surface area contributed by atoms with E-state index in [9.17, 15) is 9.59 Å². The molecule has 2 aromatic carbocycles. The summed E-state index contributed by atoms with van der Waals surface area (Å²) in [4.78, 5) is 32.8. The molecule has 28 heavy (non-hydrogen) atoms. The highest BCUT2D eigenvalue weighted by Gasteiger charge is 2.27. The summed E-state index contributed by atoms with van der Waals surface area (Å²) in [5.74, 6) is 0.0664. The number of ether oxygens (including phenoxy) is 1. The quantitative estimate of drug-likeness (QED) is 0.610. The number of fused-ring (bicyclic) bond motifs is 1. The lowest BCUT2D eigenvalue weighted by Crippen LogP contribution is -2.48. The van der Waals surface area contributed by atoms with E-state index >= 15 is 0 Å². The Balaban J connectivity index is 1.53. The molecule has 144 valence electrons.